The summed E-state index contributed by atoms with van der Waals surface area (Å²) in [6.45, 7) is 7.61. The average Bonchev–Trinajstić information content (AvgIpc) is 3.24. The molecule has 0 unspecified atom stereocenters. The quantitative estimate of drug-likeness (QED) is 0.352. The molecule has 7 nitrogen and oxygen atoms in total. The fraction of sp³-hybridized carbons (Fsp3) is 0.545. The number of carbonyl (C=O) groups is 2. The van der Waals surface area contributed by atoms with E-state index < -0.39 is 5.82 Å². The summed E-state index contributed by atoms with van der Waals surface area (Å²) in [5, 5.41) is 0. The third-order valence-electron chi connectivity index (χ3n) is 6.05. The second-order valence-corrected chi connectivity index (χ2v) is 8.20. The summed E-state index contributed by atoms with van der Waals surface area (Å²) in [4.78, 5) is 38.0. The summed E-state index contributed by atoms with van der Waals surface area (Å²) in [6.07, 6.45) is 6.43. The normalized spacial score (nSPS) is 22.8. The Kier molecular flexibility index (Phi) is 6.97. The Hall–Kier alpha value is -2.61. The first kappa shape index (κ1) is 22.1. The molecule has 2 amide bonds. The number of hydrogen-bond acceptors (Lipinski definition) is 5. The van der Waals surface area contributed by atoms with Gasteiger partial charge in [-0.05, 0) is 38.1 Å². The smallest absolute Gasteiger partial charge is 0.249 e. The number of halogens is 1. The standard InChI is InChI=1S/C22H30FN5O2/c1-5-6-7-20(29)28-12-16-17(13-28)22(16)27(4)14-26(3)21(30)10-19(24-2)15-8-9-25-11-18(15)23/h8-11,16-17,22H,2,5-7,12-14H2,1,3-4H3/b19-10-/t16-,17+,22+. The highest BCUT2D eigenvalue weighted by Gasteiger charge is 2.58. The first-order valence-corrected chi connectivity index (χ1v) is 10.4. The van der Waals surface area contributed by atoms with E-state index in [1.54, 1.807) is 11.9 Å². The van der Waals surface area contributed by atoms with Crippen LogP contribution < -0.4 is 0 Å². The molecule has 1 aliphatic carbocycles. The minimum atomic E-state index is -0.549. The van der Waals surface area contributed by atoms with Crippen molar-refractivity contribution in [2.24, 2.45) is 16.8 Å². The number of amides is 2. The summed E-state index contributed by atoms with van der Waals surface area (Å²) in [6, 6.07) is 1.85. The fourth-order valence-electron chi connectivity index (χ4n) is 4.36. The zero-order valence-corrected chi connectivity index (χ0v) is 17.9. The molecule has 1 saturated heterocycles. The van der Waals surface area contributed by atoms with Crippen molar-refractivity contribution in [3.8, 4) is 0 Å². The lowest BCUT2D eigenvalue weighted by Crippen LogP contribution is -2.41. The summed E-state index contributed by atoms with van der Waals surface area (Å²) < 4.78 is 13.9. The zero-order chi connectivity index (χ0) is 21.8. The lowest BCUT2D eigenvalue weighted by molar-refractivity contribution is -0.131. The number of hydrogen-bond donors (Lipinski definition) is 0. The number of likely N-dealkylation sites (N-methyl/N-ethyl adjacent to an activating group) is 1. The Morgan fingerprint density at radius 3 is 2.67 bits per heavy atom. The Balaban J connectivity index is 1.53. The van der Waals surface area contributed by atoms with Crippen molar-refractivity contribution in [1.29, 1.82) is 0 Å². The van der Waals surface area contributed by atoms with E-state index in [-0.39, 0.29) is 23.1 Å². The van der Waals surface area contributed by atoms with Gasteiger partial charge in [-0.3, -0.25) is 24.5 Å². The van der Waals surface area contributed by atoms with Gasteiger partial charge in [0.05, 0.1) is 18.6 Å². The van der Waals surface area contributed by atoms with Crippen LogP contribution in [0.15, 0.2) is 29.5 Å². The van der Waals surface area contributed by atoms with E-state index in [2.05, 4.69) is 28.5 Å². The van der Waals surface area contributed by atoms with Gasteiger partial charge in [0.15, 0.2) is 5.82 Å². The van der Waals surface area contributed by atoms with Crippen LogP contribution in [0.1, 0.15) is 31.7 Å². The van der Waals surface area contributed by atoms with Gasteiger partial charge in [-0.1, -0.05) is 13.3 Å². The highest BCUT2D eigenvalue weighted by Crippen LogP contribution is 2.48. The molecule has 30 heavy (non-hydrogen) atoms. The van der Waals surface area contributed by atoms with Crippen molar-refractivity contribution in [3.05, 3.63) is 35.9 Å². The fourth-order valence-corrected chi connectivity index (χ4v) is 4.36. The number of likely N-dealkylation sites (tertiary alicyclic amines) is 1. The minimum absolute atomic E-state index is 0.180. The largest absolute Gasteiger partial charge is 0.342 e. The van der Waals surface area contributed by atoms with Gasteiger partial charge >= 0.3 is 0 Å². The summed E-state index contributed by atoms with van der Waals surface area (Å²) >= 11 is 0. The molecule has 3 rings (SSSR count). The molecule has 2 fully saturated rings. The maximum absolute atomic E-state index is 13.9. The van der Waals surface area contributed by atoms with Crippen LogP contribution in [-0.2, 0) is 9.59 Å². The van der Waals surface area contributed by atoms with Crippen LogP contribution in [0, 0.1) is 17.7 Å². The molecule has 0 spiro atoms. The number of piperidine rings is 1. The molecule has 0 bridgehead atoms. The van der Waals surface area contributed by atoms with Gasteiger partial charge in [-0.15, -0.1) is 0 Å². The van der Waals surface area contributed by atoms with Crippen molar-refractivity contribution in [2.75, 3.05) is 33.9 Å². The van der Waals surface area contributed by atoms with Crippen molar-refractivity contribution >= 4 is 24.2 Å². The lowest BCUT2D eigenvalue weighted by atomic mass is 10.2. The Labute approximate surface area is 177 Å². The molecule has 1 aromatic heterocycles. The number of carbonyl (C=O) groups excluding carboxylic acids is 2. The molecule has 3 atom stereocenters. The highest BCUT2D eigenvalue weighted by molar-refractivity contribution is 5.95. The molecule has 0 N–H and O–H groups in total. The number of aromatic nitrogens is 1. The third-order valence-corrected chi connectivity index (χ3v) is 6.05. The molecule has 1 saturated carbocycles. The van der Waals surface area contributed by atoms with E-state index in [9.17, 15) is 14.0 Å². The number of aliphatic imine (C=N–C) groups is 1. The zero-order valence-electron chi connectivity index (χ0n) is 17.9. The van der Waals surface area contributed by atoms with Crippen LogP contribution >= 0.6 is 0 Å². The number of nitrogens with zero attached hydrogens (tertiary/aromatic N) is 5. The topological polar surface area (TPSA) is 69.1 Å². The lowest BCUT2D eigenvalue weighted by Gasteiger charge is -2.27. The number of fused-ring (bicyclic) bond motifs is 1. The summed E-state index contributed by atoms with van der Waals surface area (Å²) in [7, 11) is 3.70. The first-order valence-electron chi connectivity index (χ1n) is 10.4. The van der Waals surface area contributed by atoms with E-state index in [0.29, 0.717) is 31.0 Å². The van der Waals surface area contributed by atoms with Gasteiger partial charge in [-0.2, -0.15) is 0 Å². The van der Waals surface area contributed by atoms with E-state index in [1.807, 2.05) is 11.9 Å². The molecule has 0 radical (unpaired) electrons. The van der Waals surface area contributed by atoms with Crippen molar-refractivity contribution < 1.29 is 14.0 Å². The van der Waals surface area contributed by atoms with Gasteiger partial charge in [0.2, 0.25) is 11.8 Å². The van der Waals surface area contributed by atoms with Gasteiger partial charge in [0.1, 0.15) is 0 Å². The van der Waals surface area contributed by atoms with E-state index in [4.69, 9.17) is 0 Å². The summed E-state index contributed by atoms with van der Waals surface area (Å²) in [5.74, 6) is 0.401. The average molecular weight is 416 g/mol. The predicted octanol–water partition coefficient (Wildman–Crippen LogP) is 2.26. The second-order valence-electron chi connectivity index (χ2n) is 8.20. The molecule has 1 aromatic rings. The van der Waals surface area contributed by atoms with Gasteiger partial charge < -0.3 is 9.80 Å². The van der Waals surface area contributed by atoms with Crippen LogP contribution in [0.4, 0.5) is 4.39 Å². The monoisotopic (exact) mass is 415 g/mol. The summed E-state index contributed by atoms with van der Waals surface area (Å²) in [5.41, 5.74) is 0.374. The van der Waals surface area contributed by atoms with Crippen LogP contribution in [0.25, 0.3) is 5.70 Å². The molecule has 2 aliphatic rings. The van der Waals surface area contributed by atoms with Crippen LogP contribution in [0.3, 0.4) is 0 Å². The van der Waals surface area contributed by atoms with E-state index >= 15 is 0 Å². The third kappa shape index (κ3) is 4.75. The van der Waals surface area contributed by atoms with Crippen LogP contribution in [0.5, 0.6) is 0 Å². The molecular formula is C22H30FN5O2. The first-order chi connectivity index (χ1) is 14.4. The number of unbranched alkanes of at least 4 members (excludes halogenated alkanes) is 1. The highest BCUT2D eigenvalue weighted by atomic mass is 19.1. The molecule has 1 aliphatic heterocycles. The Morgan fingerprint density at radius 1 is 1.37 bits per heavy atom. The molecule has 2 heterocycles. The molecule has 0 aromatic carbocycles. The van der Waals surface area contributed by atoms with E-state index in [1.165, 1.54) is 18.3 Å². The van der Waals surface area contributed by atoms with Gasteiger partial charge in [0, 0.05) is 50.4 Å². The molecule has 8 heteroatoms. The minimum Gasteiger partial charge on any atom is -0.342 e. The Bertz CT molecular complexity index is 831. The number of pyridine rings is 1. The van der Waals surface area contributed by atoms with E-state index in [0.717, 1.165) is 32.1 Å². The van der Waals surface area contributed by atoms with Crippen molar-refractivity contribution in [3.63, 3.8) is 0 Å². The van der Waals surface area contributed by atoms with Gasteiger partial charge in [0.25, 0.3) is 0 Å². The second kappa shape index (κ2) is 9.47. The number of rotatable bonds is 9. The maximum atomic E-state index is 13.9. The molecular weight excluding hydrogens is 385 g/mol. The predicted molar refractivity (Wildman–Crippen MR) is 114 cm³/mol. The van der Waals surface area contributed by atoms with Gasteiger partial charge in [-0.25, -0.2) is 4.39 Å². The van der Waals surface area contributed by atoms with Crippen molar-refractivity contribution in [2.45, 2.75) is 32.2 Å². The maximum Gasteiger partial charge on any atom is 0.249 e. The van der Waals surface area contributed by atoms with Crippen molar-refractivity contribution in [1.82, 2.24) is 19.7 Å². The molecule has 162 valence electrons. The SMILES string of the molecule is C=N/C(=C\C(=O)N(C)CN(C)[C@H]1[C@@H]2CN(C(=O)CCCC)C[C@@H]21)c1ccncc1F. The van der Waals surface area contributed by atoms with Crippen LogP contribution in [-0.4, -0.2) is 78.1 Å². The Morgan fingerprint density at radius 2 is 2.07 bits per heavy atom. The van der Waals surface area contributed by atoms with Crippen LogP contribution in [0.2, 0.25) is 0 Å².